The summed E-state index contributed by atoms with van der Waals surface area (Å²) in [6.07, 6.45) is 7.31. The highest BCUT2D eigenvalue weighted by molar-refractivity contribution is 5.99. The minimum absolute atomic E-state index is 0.475. The first-order chi connectivity index (χ1) is 10.3. The van der Waals surface area contributed by atoms with Gasteiger partial charge in [-0.3, -0.25) is 0 Å². The molecular weight excluding hydrogens is 266 g/mol. The van der Waals surface area contributed by atoms with Crippen LogP contribution in [0.25, 0.3) is 0 Å². The molecule has 0 spiro atoms. The molecule has 0 aliphatic heterocycles. The lowest BCUT2D eigenvalue weighted by molar-refractivity contribution is 0.212. The largest absolute Gasteiger partial charge is 0.399 e. The van der Waals surface area contributed by atoms with Crippen LogP contribution in [0, 0.1) is 17.8 Å². The Morgan fingerprint density at radius 3 is 3.00 bits per heavy atom. The first kappa shape index (κ1) is 13.3. The van der Waals surface area contributed by atoms with Gasteiger partial charge in [0.1, 0.15) is 31.2 Å². The van der Waals surface area contributed by atoms with Gasteiger partial charge in [-0.1, -0.05) is 11.1 Å². The molecule has 2 aromatic heterocycles. The highest BCUT2D eigenvalue weighted by atomic mass is 16.6. The Hall–Kier alpha value is -2.68. The molecule has 0 bridgehead atoms. The van der Waals surface area contributed by atoms with E-state index in [1.54, 1.807) is 17.2 Å². The van der Waals surface area contributed by atoms with Crippen molar-refractivity contribution in [3.05, 3.63) is 42.2 Å². The summed E-state index contributed by atoms with van der Waals surface area (Å²) in [4.78, 5) is 13.2. The van der Waals surface area contributed by atoms with Crippen molar-refractivity contribution in [2.75, 3.05) is 7.11 Å². The first-order valence-electron chi connectivity index (χ1n) is 6.75. The fourth-order valence-electron chi connectivity index (χ4n) is 1.79. The van der Waals surface area contributed by atoms with Crippen LogP contribution in [0.2, 0.25) is 0 Å². The predicted octanol–water partition coefficient (Wildman–Crippen LogP) is 1.49. The molecule has 1 fully saturated rings. The second-order valence-electron chi connectivity index (χ2n) is 4.79. The molecular formula is C15H15N5O. The van der Waals surface area contributed by atoms with E-state index in [1.165, 1.54) is 26.3 Å². The van der Waals surface area contributed by atoms with Crippen LogP contribution in [-0.2, 0) is 11.4 Å². The lowest BCUT2D eigenvalue weighted by atomic mass is 10.1. The Balaban J connectivity index is 1.76. The van der Waals surface area contributed by atoms with Gasteiger partial charge >= 0.3 is 0 Å². The minimum atomic E-state index is 0.475. The van der Waals surface area contributed by atoms with E-state index in [9.17, 15) is 0 Å². The molecule has 6 nitrogen and oxygen atoms in total. The first-order valence-corrected chi connectivity index (χ1v) is 6.75. The molecule has 1 aliphatic rings. The van der Waals surface area contributed by atoms with Gasteiger partial charge in [-0.05, 0) is 30.9 Å². The molecule has 1 aliphatic carbocycles. The second-order valence-corrected chi connectivity index (χ2v) is 4.79. The predicted molar refractivity (Wildman–Crippen MR) is 77.4 cm³/mol. The van der Waals surface area contributed by atoms with Crippen LogP contribution in [0.1, 0.15) is 24.1 Å². The molecule has 0 N–H and O–H groups in total. The fraction of sp³-hybridized carbons (Fsp3) is 0.333. The zero-order valence-electron chi connectivity index (χ0n) is 11.7. The van der Waals surface area contributed by atoms with Crippen molar-refractivity contribution in [2.45, 2.75) is 19.4 Å². The van der Waals surface area contributed by atoms with E-state index in [0.29, 0.717) is 12.5 Å². The summed E-state index contributed by atoms with van der Waals surface area (Å²) in [6.45, 7) is 0.475. The summed E-state index contributed by atoms with van der Waals surface area (Å²) in [7, 11) is 1.52. The number of rotatable bonds is 4. The van der Waals surface area contributed by atoms with Crippen LogP contribution in [0.15, 0.2) is 36.1 Å². The average Bonchev–Trinajstić information content (AvgIpc) is 3.21. The molecule has 2 aromatic rings. The molecule has 21 heavy (non-hydrogen) atoms. The van der Waals surface area contributed by atoms with E-state index in [4.69, 9.17) is 4.84 Å². The summed E-state index contributed by atoms with van der Waals surface area (Å²) in [5.41, 5.74) is 2.39. The molecule has 0 amide bonds. The van der Waals surface area contributed by atoms with Gasteiger partial charge < -0.3 is 4.84 Å². The fourth-order valence-corrected chi connectivity index (χ4v) is 1.79. The molecule has 106 valence electrons. The van der Waals surface area contributed by atoms with Crippen molar-refractivity contribution >= 4 is 5.71 Å². The van der Waals surface area contributed by atoms with Crippen molar-refractivity contribution in [1.29, 1.82) is 0 Å². The number of hydrogen-bond donors (Lipinski definition) is 0. The quantitative estimate of drug-likeness (QED) is 0.484. The van der Waals surface area contributed by atoms with Gasteiger partial charge in [0.15, 0.2) is 0 Å². The van der Waals surface area contributed by atoms with Crippen molar-refractivity contribution < 1.29 is 4.84 Å². The second kappa shape index (κ2) is 6.18. The van der Waals surface area contributed by atoms with E-state index in [-0.39, 0.29) is 0 Å². The van der Waals surface area contributed by atoms with Crippen LogP contribution in [0.3, 0.4) is 0 Å². The molecule has 0 radical (unpaired) electrons. The molecule has 0 saturated heterocycles. The van der Waals surface area contributed by atoms with Crippen molar-refractivity contribution in [2.24, 2.45) is 11.1 Å². The van der Waals surface area contributed by atoms with Gasteiger partial charge in [-0.25, -0.2) is 14.6 Å². The van der Waals surface area contributed by atoms with Gasteiger partial charge in [-0.15, -0.1) is 0 Å². The average molecular weight is 281 g/mol. The van der Waals surface area contributed by atoms with Crippen LogP contribution >= 0.6 is 0 Å². The Kier molecular flexibility index (Phi) is 3.92. The van der Waals surface area contributed by atoms with Gasteiger partial charge in [0.2, 0.25) is 0 Å². The lowest BCUT2D eigenvalue weighted by Crippen LogP contribution is -2.13. The van der Waals surface area contributed by atoms with Crippen LogP contribution in [0.5, 0.6) is 0 Å². The maximum absolute atomic E-state index is 4.90. The van der Waals surface area contributed by atoms with E-state index in [1.807, 2.05) is 12.1 Å². The van der Waals surface area contributed by atoms with Crippen molar-refractivity contribution in [1.82, 2.24) is 19.7 Å². The van der Waals surface area contributed by atoms with Gasteiger partial charge in [0, 0.05) is 17.7 Å². The third kappa shape index (κ3) is 3.66. The number of hydrogen-bond acceptors (Lipinski definition) is 5. The standard InChI is InChI=1S/C15H15N5O/c1-21-19-15(9-20-11-16-10-18-20)13-5-7-14(17-8-13)6-4-12-2-3-12/h5,7-8,10-12H,2-3,9H2,1H3. The topological polar surface area (TPSA) is 65.2 Å². The number of oxime groups is 1. The Morgan fingerprint density at radius 2 is 2.38 bits per heavy atom. The maximum atomic E-state index is 4.90. The summed E-state index contributed by atoms with van der Waals surface area (Å²) >= 11 is 0. The van der Waals surface area contributed by atoms with Crippen molar-refractivity contribution in [3.63, 3.8) is 0 Å². The zero-order chi connectivity index (χ0) is 14.5. The Labute approximate surface area is 122 Å². The van der Waals surface area contributed by atoms with Crippen LogP contribution in [0.4, 0.5) is 0 Å². The normalized spacial score (nSPS) is 14.4. The molecule has 3 rings (SSSR count). The number of pyridine rings is 1. The highest BCUT2D eigenvalue weighted by Gasteiger charge is 2.17. The summed E-state index contributed by atoms with van der Waals surface area (Å²) in [5.74, 6) is 6.86. The molecule has 1 saturated carbocycles. The number of nitrogens with zero attached hydrogens (tertiary/aromatic N) is 5. The van der Waals surface area contributed by atoms with E-state index >= 15 is 0 Å². The Bertz CT molecular complexity index is 675. The van der Waals surface area contributed by atoms with Gasteiger partial charge in [0.25, 0.3) is 0 Å². The molecule has 6 heteroatoms. The maximum Gasteiger partial charge on any atom is 0.137 e. The number of aromatic nitrogens is 4. The minimum Gasteiger partial charge on any atom is -0.399 e. The van der Waals surface area contributed by atoms with E-state index in [2.05, 4.69) is 32.1 Å². The molecule has 0 unspecified atom stereocenters. The van der Waals surface area contributed by atoms with E-state index in [0.717, 1.165) is 17.0 Å². The van der Waals surface area contributed by atoms with Gasteiger partial charge in [-0.2, -0.15) is 5.10 Å². The zero-order valence-corrected chi connectivity index (χ0v) is 11.7. The monoisotopic (exact) mass is 281 g/mol. The third-order valence-corrected chi connectivity index (χ3v) is 3.06. The van der Waals surface area contributed by atoms with Crippen LogP contribution < -0.4 is 0 Å². The Morgan fingerprint density at radius 1 is 1.48 bits per heavy atom. The summed E-state index contributed by atoms with van der Waals surface area (Å²) in [5, 5.41) is 8.10. The molecule has 0 atom stereocenters. The smallest absolute Gasteiger partial charge is 0.137 e. The highest BCUT2D eigenvalue weighted by Crippen LogP contribution is 2.27. The lowest BCUT2D eigenvalue weighted by Gasteiger charge is -2.05. The van der Waals surface area contributed by atoms with Crippen molar-refractivity contribution in [3.8, 4) is 11.8 Å². The SMILES string of the molecule is CON=C(Cn1cncn1)c1ccc(C#CC2CC2)nc1. The molecule has 0 aromatic carbocycles. The van der Waals surface area contributed by atoms with Gasteiger partial charge in [0.05, 0.1) is 6.54 Å². The van der Waals surface area contributed by atoms with E-state index < -0.39 is 0 Å². The molecule has 2 heterocycles. The summed E-state index contributed by atoms with van der Waals surface area (Å²) < 4.78 is 1.68. The van der Waals surface area contributed by atoms with Crippen LogP contribution in [-0.4, -0.2) is 32.6 Å². The summed E-state index contributed by atoms with van der Waals surface area (Å²) in [6, 6.07) is 3.84. The third-order valence-electron chi connectivity index (χ3n) is 3.06.